The number of rotatable bonds is 30. The SMILES string of the molecule is CC/C=C/C/C=C/C/C=C/C/C=C/CCC(=O)OC(COC(=O)CCCCCCC/C=C/C/C=C/C/C=C/CC)COC1OC(CO)C(O)C(O)C1O. The quantitative estimate of drug-likeness (QED) is 0.0332. The molecule has 0 amide bonds. The van der Waals surface area contributed by atoms with Gasteiger partial charge in [-0.05, 0) is 70.6 Å². The van der Waals surface area contributed by atoms with Gasteiger partial charge in [-0.3, -0.25) is 9.59 Å². The molecule has 0 aromatic carbocycles. The predicted molar refractivity (Wildman–Crippen MR) is 210 cm³/mol. The Morgan fingerprint density at radius 3 is 1.66 bits per heavy atom. The average molecular weight is 745 g/mol. The molecule has 0 aliphatic carbocycles. The van der Waals surface area contributed by atoms with Crippen LogP contribution in [0.3, 0.4) is 0 Å². The van der Waals surface area contributed by atoms with E-state index in [1.807, 2.05) is 12.2 Å². The summed E-state index contributed by atoms with van der Waals surface area (Å²) in [5.74, 6) is -0.933. The van der Waals surface area contributed by atoms with Crippen molar-refractivity contribution in [2.45, 2.75) is 153 Å². The van der Waals surface area contributed by atoms with Gasteiger partial charge in [0, 0.05) is 12.8 Å². The highest BCUT2D eigenvalue weighted by Crippen LogP contribution is 2.22. The molecule has 6 unspecified atom stereocenters. The largest absolute Gasteiger partial charge is 0.462 e. The summed E-state index contributed by atoms with van der Waals surface area (Å²) in [6, 6.07) is 0. The van der Waals surface area contributed by atoms with E-state index in [0.29, 0.717) is 12.8 Å². The van der Waals surface area contributed by atoms with E-state index in [0.717, 1.165) is 77.0 Å². The number of hydrogen-bond donors (Lipinski definition) is 4. The average Bonchev–Trinajstić information content (AvgIpc) is 3.15. The van der Waals surface area contributed by atoms with E-state index in [4.69, 9.17) is 18.9 Å². The second kappa shape index (κ2) is 33.4. The van der Waals surface area contributed by atoms with E-state index < -0.39 is 55.4 Å². The molecule has 0 saturated carbocycles. The highest BCUT2D eigenvalue weighted by molar-refractivity contribution is 5.70. The first kappa shape index (κ1) is 47.9. The monoisotopic (exact) mass is 744 g/mol. The molecule has 10 nitrogen and oxygen atoms in total. The van der Waals surface area contributed by atoms with Crippen LogP contribution in [0.1, 0.15) is 117 Å². The number of carbonyl (C=O) groups excluding carboxylic acids is 2. The van der Waals surface area contributed by atoms with E-state index in [1.54, 1.807) is 0 Å². The van der Waals surface area contributed by atoms with Crippen molar-refractivity contribution in [2.75, 3.05) is 19.8 Å². The first-order valence-electron chi connectivity index (χ1n) is 19.7. The normalized spacial score (nSPS) is 21.8. The smallest absolute Gasteiger partial charge is 0.306 e. The van der Waals surface area contributed by atoms with E-state index in [9.17, 15) is 30.0 Å². The molecular formula is C43H68O10. The van der Waals surface area contributed by atoms with Gasteiger partial charge in [-0.15, -0.1) is 0 Å². The summed E-state index contributed by atoms with van der Waals surface area (Å²) in [4.78, 5) is 25.2. The lowest BCUT2D eigenvalue weighted by Gasteiger charge is -2.39. The van der Waals surface area contributed by atoms with Gasteiger partial charge < -0.3 is 39.4 Å². The third kappa shape index (κ3) is 25.5. The van der Waals surface area contributed by atoms with Crippen molar-refractivity contribution in [1.82, 2.24) is 0 Å². The lowest BCUT2D eigenvalue weighted by molar-refractivity contribution is -0.305. The van der Waals surface area contributed by atoms with Gasteiger partial charge in [0.05, 0.1) is 13.2 Å². The third-order valence-corrected chi connectivity index (χ3v) is 8.29. The van der Waals surface area contributed by atoms with Crippen LogP contribution in [0.4, 0.5) is 0 Å². The zero-order valence-corrected chi connectivity index (χ0v) is 32.2. The summed E-state index contributed by atoms with van der Waals surface area (Å²) in [6.07, 6.45) is 34.7. The second-order valence-corrected chi connectivity index (χ2v) is 13.0. The molecule has 1 heterocycles. The summed E-state index contributed by atoms with van der Waals surface area (Å²) in [6.45, 7) is 3.06. The summed E-state index contributed by atoms with van der Waals surface area (Å²) < 4.78 is 22.0. The van der Waals surface area contributed by atoms with E-state index in [1.165, 1.54) is 0 Å². The lowest BCUT2D eigenvalue weighted by atomic mass is 9.99. The fourth-order valence-electron chi connectivity index (χ4n) is 5.21. The molecule has 10 heteroatoms. The minimum atomic E-state index is -1.61. The Labute approximate surface area is 318 Å². The topological polar surface area (TPSA) is 152 Å². The zero-order chi connectivity index (χ0) is 38.8. The Balaban J connectivity index is 2.45. The van der Waals surface area contributed by atoms with Crippen LogP contribution in [0, 0.1) is 0 Å². The van der Waals surface area contributed by atoms with E-state index in [2.05, 4.69) is 86.8 Å². The third-order valence-electron chi connectivity index (χ3n) is 8.29. The molecule has 1 fully saturated rings. The number of allylic oxidation sites excluding steroid dienone is 14. The van der Waals surface area contributed by atoms with Crippen molar-refractivity contribution in [2.24, 2.45) is 0 Å². The van der Waals surface area contributed by atoms with Gasteiger partial charge in [0.25, 0.3) is 0 Å². The molecule has 4 N–H and O–H groups in total. The van der Waals surface area contributed by atoms with Crippen molar-refractivity contribution < 1.29 is 49.0 Å². The van der Waals surface area contributed by atoms with Crippen molar-refractivity contribution in [3.05, 3.63) is 85.1 Å². The molecule has 300 valence electrons. The van der Waals surface area contributed by atoms with Gasteiger partial charge in [0.2, 0.25) is 0 Å². The minimum absolute atomic E-state index is 0.0997. The van der Waals surface area contributed by atoms with Gasteiger partial charge in [-0.1, -0.05) is 118 Å². The van der Waals surface area contributed by atoms with Gasteiger partial charge >= 0.3 is 11.9 Å². The number of hydrogen-bond acceptors (Lipinski definition) is 10. The van der Waals surface area contributed by atoms with Gasteiger partial charge in [-0.25, -0.2) is 0 Å². The van der Waals surface area contributed by atoms with Crippen LogP contribution >= 0.6 is 0 Å². The van der Waals surface area contributed by atoms with Crippen molar-refractivity contribution in [3.63, 3.8) is 0 Å². The maximum atomic E-state index is 12.7. The lowest BCUT2D eigenvalue weighted by Crippen LogP contribution is -2.59. The second-order valence-electron chi connectivity index (χ2n) is 13.0. The molecule has 0 spiro atoms. The fourth-order valence-corrected chi connectivity index (χ4v) is 5.21. The number of carbonyl (C=O) groups is 2. The summed E-state index contributed by atoms with van der Waals surface area (Å²) in [5.41, 5.74) is 0. The van der Waals surface area contributed by atoms with E-state index in [-0.39, 0.29) is 26.1 Å². The van der Waals surface area contributed by atoms with Gasteiger partial charge in [-0.2, -0.15) is 0 Å². The van der Waals surface area contributed by atoms with Crippen molar-refractivity contribution >= 4 is 11.9 Å². The Kier molecular flexibility index (Phi) is 30.2. The number of aliphatic hydroxyl groups is 4. The van der Waals surface area contributed by atoms with Crippen LogP contribution in [-0.2, 0) is 28.5 Å². The molecule has 6 atom stereocenters. The minimum Gasteiger partial charge on any atom is -0.462 e. The molecule has 1 aliphatic rings. The Morgan fingerprint density at radius 1 is 0.585 bits per heavy atom. The summed E-state index contributed by atoms with van der Waals surface area (Å²) in [7, 11) is 0. The number of unbranched alkanes of at least 4 members (excludes halogenated alkanes) is 5. The van der Waals surface area contributed by atoms with Gasteiger partial charge in [0.15, 0.2) is 12.4 Å². The molecule has 53 heavy (non-hydrogen) atoms. The molecule has 1 saturated heterocycles. The Bertz CT molecular complexity index is 1140. The molecule has 0 aromatic rings. The molecule has 0 bridgehead atoms. The van der Waals surface area contributed by atoms with Crippen LogP contribution in [0.5, 0.6) is 0 Å². The standard InChI is InChI=1S/C43H68O10/c1-3-5-7-9-11-13-15-17-18-20-21-23-25-27-29-31-38(45)50-34-36(35-51-43-42(49)41(48)40(47)37(33-44)53-43)52-39(46)32-30-28-26-24-22-19-16-14-12-10-8-6-4-2/h5-8,11-14,17-19,22,26,28,36-37,40-44,47-49H,3-4,9-10,15-16,20-21,23-25,27,29-35H2,1-2H3/b7-5+,8-6+,13-11+,14-12+,18-17+,22-19+,28-26+. The molecule has 0 radical (unpaired) electrons. The Morgan fingerprint density at radius 2 is 1.09 bits per heavy atom. The van der Waals surface area contributed by atoms with Crippen LogP contribution < -0.4 is 0 Å². The molecule has 1 rings (SSSR count). The van der Waals surface area contributed by atoms with E-state index >= 15 is 0 Å². The van der Waals surface area contributed by atoms with Crippen LogP contribution in [-0.4, -0.2) is 89.0 Å². The number of esters is 2. The maximum Gasteiger partial charge on any atom is 0.306 e. The maximum absolute atomic E-state index is 12.7. The van der Waals surface area contributed by atoms with Crippen molar-refractivity contribution in [3.8, 4) is 0 Å². The van der Waals surface area contributed by atoms with Gasteiger partial charge in [0.1, 0.15) is 31.0 Å². The summed E-state index contributed by atoms with van der Waals surface area (Å²) in [5, 5.41) is 39.9. The number of ether oxygens (including phenoxy) is 4. The molecule has 1 aliphatic heterocycles. The molecular weight excluding hydrogens is 676 g/mol. The van der Waals surface area contributed by atoms with Crippen LogP contribution in [0.15, 0.2) is 85.1 Å². The Hall–Kier alpha value is -3.12. The molecule has 0 aromatic heterocycles. The fraction of sp³-hybridized carbons (Fsp3) is 0.628. The first-order valence-corrected chi connectivity index (χ1v) is 19.7. The highest BCUT2D eigenvalue weighted by Gasteiger charge is 2.44. The van der Waals surface area contributed by atoms with Crippen molar-refractivity contribution in [1.29, 1.82) is 0 Å². The van der Waals surface area contributed by atoms with Crippen LogP contribution in [0.2, 0.25) is 0 Å². The first-order chi connectivity index (χ1) is 25.8. The summed E-state index contributed by atoms with van der Waals surface area (Å²) >= 11 is 0. The highest BCUT2D eigenvalue weighted by atomic mass is 16.7. The van der Waals surface area contributed by atoms with Crippen LogP contribution in [0.25, 0.3) is 0 Å². The predicted octanol–water partition coefficient (Wildman–Crippen LogP) is 7.43. The number of aliphatic hydroxyl groups excluding tert-OH is 4. The zero-order valence-electron chi connectivity index (χ0n) is 32.2.